The molecule has 18 heavy (non-hydrogen) atoms. The van der Waals surface area contributed by atoms with Crippen LogP contribution in [0.4, 0.5) is 0 Å². The normalized spacial score (nSPS) is 29.3. The lowest BCUT2D eigenvalue weighted by Crippen LogP contribution is -2.49. The van der Waals surface area contributed by atoms with E-state index in [4.69, 9.17) is 9.47 Å². The molecule has 106 valence electrons. The Morgan fingerprint density at radius 1 is 1.22 bits per heavy atom. The molecule has 0 bridgehead atoms. The smallest absolute Gasteiger partial charge is 0.0826 e. The van der Waals surface area contributed by atoms with Crippen LogP contribution in [0, 0.1) is 0 Å². The fourth-order valence-corrected chi connectivity index (χ4v) is 2.56. The first-order valence-electron chi connectivity index (χ1n) is 7.07. The second-order valence-electron chi connectivity index (χ2n) is 5.48. The van der Waals surface area contributed by atoms with E-state index in [-0.39, 0.29) is 0 Å². The standard InChI is InChI=1S/C13H27N3O2/c1-12(10-16-4-6-17-7-5-16)14-9-13-11-15(2)3-8-18-13/h12-14H,3-11H2,1-2H3. The van der Waals surface area contributed by atoms with Gasteiger partial charge in [0, 0.05) is 45.3 Å². The molecule has 0 aliphatic carbocycles. The first-order chi connectivity index (χ1) is 8.74. The molecule has 0 spiro atoms. The first kappa shape index (κ1) is 14.2. The van der Waals surface area contributed by atoms with Gasteiger partial charge in [0.1, 0.15) is 0 Å². The van der Waals surface area contributed by atoms with Crippen molar-refractivity contribution in [2.75, 3.05) is 66.1 Å². The maximum atomic E-state index is 5.75. The van der Waals surface area contributed by atoms with Gasteiger partial charge in [0.15, 0.2) is 0 Å². The number of hydrogen-bond acceptors (Lipinski definition) is 5. The number of hydrogen-bond donors (Lipinski definition) is 1. The van der Waals surface area contributed by atoms with E-state index in [0.29, 0.717) is 12.1 Å². The molecule has 0 aromatic heterocycles. The molecule has 5 nitrogen and oxygen atoms in total. The van der Waals surface area contributed by atoms with E-state index in [1.165, 1.54) is 0 Å². The number of rotatable bonds is 5. The molecule has 2 aliphatic heterocycles. The Balaban J connectivity index is 1.60. The predicted molar refractivity (Wildman–Crippen MR) is 72.0 cm³/mol. The van der Waals surface area contributed by atoms with E-state index in [2.05, 4.69) is 29.1 Å². The summed E-state index contributed by atoms with van der Waals surface area (Å²) in [7, 11) is 2.16. The van der Waals surface area contributed by atoms with Crippen LogP contribution in [0.2, 0.25) is 0 Å². The van der Waals surface area contributed by atoms with Gasteiger partial charge >= 0.3 is 0 Å². The summed E-state index contributed by atoms with van der Waals surface area (Å²) in [5, 5.41) is 3.59. The van der Waals surface area contributed by atoms with Crippen molar-refractivity contribution in [1.82, 2.24) is 15.1 Å². The van der Waals surface area contributed by atoms with E-state index >= 15 is 0 Å². The topological polar surface area (TPSA) is 37.0 Å². The highest BCUT2D eigenvalue weighted by Crippen LogP contribution is 2.03. The monoisotopic (exact) mass is 257 g/mol. The van der Waals surface area contributed by atoms with E-state index in [9.17, 15) is 0 Å². The van der Waals surface area contributed by atoms with Crippen LogP contribution >= 0.6 is 0 Å². The number of nitrogens with one attached hydrogen (secondary N) is 1. The molecular formula is C13H27N3O2. The number of nitrogens with zero attached hydrogens (tertiary/aromatic N) is 2. The van der Waals surface area contributed by atoms with E-state index in [1.54, 1.807) is 0 Å². The molecule has 2 aliphatic rings. The number of ether oxygens (including phenoxy) is 2. The predicted octanol–water partition coefficient (Wildman–Crippen LogP) is -0.373. The van der Waals surface area contributed by atoms with Crippen molar-refractivity contribution in [3.63, 3.8) is 0 Å². The molecule has 2 rings (SSSR count). The number of morpholine rings is 2. The summed E-state index contributed by atoms with van der Waals surface area (Å²) in [6.07, 6.45) is 0.343. The Morgan fingerprint density at radius 3 is 2.72 bits per heavy atom. The second-order valence-corrected chi connectivity index (χ2v) is 5.48. The van der Waals surface area contributed by atoms with Gasteiger partial charge in [-0.25, -0.2) is 0 Å². The Labute approximate surface area is 110 Å². The summed E-state index contributed by atoms with van der Waals surface area (Å²) in [6, 6.07) is 0.513. The summed E-state index contributed by atoms with van der Waals surface area (Å²) in [5.41, 5.74) is 0. The van der Waals surface area contributed by atoms with Gasteiger partial charge in [-0.1, -0.05) is 0 Å². The highest BCUT2D eigenvalue weighted by molar-refractivity contribution is 4.75. The molecule has 0 amide bonds. The van der Waals surface area contributed by atoms with Crippen LogP contribution < -0.4 is 5.32 Å². The zero-order valence-electron chi connectivity index (χ0n) is 11.7. The zero-order valence-corrected chi connectivity index (χ0v) is 11.7. The largest absolute Gasteiger partial charge is 0.379 e. The van der Waals surface area contributed by atoms with Gasteiger partial charge in [-0.2, -0.15) is 0 Å². The minimum Gasteiger partial charge on any atom is -0.379 e. The van der Waals surface area contributed by atoms with Gasteiger partial charge in [0.05, 0.1) is 25.9 Å². The van der Waals surface area contributed by atoms with Crippen molar-refractivity contribution in [3.8, 4) is 0 Å². The Hall–Kier alpha value is -0.200. The summed E-state index contributed by atoms with van der Waals surface area (Å²) in [6.45, 7) is 11.2. The summed E-state index contributed by atoms with van der Waals surface area (Å²) in [5.74, 6) is 0. The van der Waals surface area contributed by atoms with E-state index in [1.807, 2.05) is 0 Å². The molecule has 0 radical (unpaired) electrons. The first-order valence-corrected chi connectivity index (χ1v) is 7.07. The van der Waals surface area contributed by atoms with E-state index < -0.39 is 0 Å². The highest BCUT2D eigenvalue weighted by Gasteiger charge is 2.19. The molecule has 1 N–H and O–H groups in total. The minimum atomic E-state index is 0.343. The third kappa shape index (κ3) is 4.82. The van der Waals surface area contributed by atoms with Crippen molar-refractivity contribution in [3.05, 3.63) is 0 Å². The van der Waals surface area contributed by atoms with Crippen LogP contribution in [0.1, 0.15) is 6.92 Å². The van der Waals surface area contributed by atoms with Crippen LogP contribution in [0.5, 0.6) is 0 Å². The van der Waals surface area contributed by atoms with Gasteiger partial charge < -0.3 is 19.7 Å². The van der Waals surface area contributed by atoms with Crippen molar-refractivity contribution >= 4 is 0 Å². The maximum Gasteiger partial charge on any atom is 0.0826 e. The molecule has 0 aromatic carbocycles. The fraction of sp³-hybridized carbons (Fsp3) is 1.00. The van der Waals surface area contributed by atoms with Crippen LogP contribution in [0.15, 0.2) is 0 Å². The van der Waals surface area contributed by atoms with E-state index in [0.717, 1.165) is 59.1 Å². The van der Waals surface area contributed by atoms with Crippen molar-refractivity contribution in [2.24, 2.45) is 0 Å². The van der Waals surface area contributed by atoms with Crippen molar-refractivity contribution < 1.29 is 9.47 Å². The Bertz CT molecular complexity index is 234. The molecule has 5 heteroatoms. The lowest BCUT2D eigenvalue weighted by molar-refractivity contribution is -0.0202. The van der Waals surface area contributed by atoms with Gasteiger partial charge in [-0.05, 0) is 14.0 Å². The highest BCUT2D eigenvalue weighted by atomic mass is 16.5. The molecule has 2 heterocycles. The quantitative estimate of drug-likeness (QED) is 0.727. The average molecular weight is 257 g/mol. The third-order valence-corrected chi connectivity index (χ3v) is 3.67. The van der Waals surface area contributed by atoms with Gasteiger partial charge in [-0.3, -0.25) is 4.90 Å². The Kier molecular flexibility index (Phi) is 5.85. The molecular weight excluding hydrogens is 230 g/mol. The maximum absolute atomic E-state index is 5.75. The summed E-state index contributed by atoms with van der Waals surface area (Å²) < 4.78 is 11.1. The SMILES string of the molecule is CC(CN1CCOCC1)NCC1CN(C)CCO1. The lowest BCUT2D eigenvalue weighted by Gasteiger charge is -2.32. The second kappa shape index (κ2) is 7.40. The van der Waals surface area contributed by atoms with Crippen LogP contribution in [0.25, 0.3) is 0 Å². The summed E-state index contributed by atoms with van der Waals surface area (Å²) in [4.78, 5) is 4.80. The van der Waals surface area contributed by atoms with Gasteiger partial charge in [0.2, 0.25) is 0 Å². The molecule has 0 aromatic rings. The van der Waals surface area contributed by atoms with Crippen LogP contribution in [-0.2, 0) is 9.47 Å². The van der Waals surface area contributed by atoms with Gasteiger partial charge in [-0.15, -0.1) is 0 Å². The minimum absolute atomic E-state index is 0.343. The van der Waals surface area contributed by atoms with Gasteiger partial charge in [0.25, 0.3) is 0 Å². The third-order valence-electron chi connectivity index (χ3n) is 3.67. The zero-order chi connectivity index (χ0) is 12.8. The van der Waals surface area contributed by atoms with Crippen molar-refractivity contribution in [1.29, 1.82) is 0 Å². The van der Waals surface area contributed by atoms with Crippen molar-refractivity contribution in [2.45, 2.75) is 19.1 Å². The molecule has 0 saturated carbocycles. The molecule has 2 fully saturated rings. The lowest BCUT2D eigenvalue weighted by atomic mass is 10.2. The number of likely N-dealkylation sites (N-methyl/N-ethyl adjacent to an activating group) is 1. The molecule has 2 unspecified atom stereocenters. The Morgan fingerprint density at radius 2 is 2.00 bits per heavy atom. The van der Waals surface area contributed by atoms with Crippen LogP contribution in [0.3, 0.4) is 0 Å². The fourth-order valence-electron chi connectivity index (χ4n) is 2.56. The molecule has 2 atom stereocenters. The average Bonchev–Trinajstić information content (AvgIpc) is 2.38. The summed E-state index contributed by atoms with van der Waals surface area (Å²) >= 11 is 0. The van der Waals surface area contributed by atoms with Crippen LogP contribution in [-0.4, -0.2) is 88.1 Å². The molecule has 2 saturated heterocycles.